The van der Waals surface area contributed by atoms with E-state index in [1.165, 1.54) is 0 Å². The third-order valence-corrected chi connectivity index (χ3v) is 1.74. The average molecular weight is 190 g/mol. The van der Waals surface area contributed by atoms with Gasteiger partial charge in [-0.25, -0.2) is 4.79 Å². The Labute approximate surface area is 78.5 Å². The standard InChI is InChI=1S/C9H18O4/c1-3-4-7(2)6-13-9(12)8(11)5-10/h7-8,10-11H,3-6H2,1-2H3. The molecule has 78 valence electrons. The van der Waals surface area contributed by atoms with Crippen molar-refractivity contribution in [2.75, 3.05) is 13.2 Å². The summed E-state index contributed by atoms with van der Waals surface area (Å²) in [4.78, 5) is 10.9. The van der Waals surface area contributed by atoms with Crippen LogP contribution in [0, 0.1) is 5.92 Å². The van der Waals surface area contributed by atoms with E-state index in [2.05, 4.69) is 6.92 Å². The Hall–Kier alpha value is -0.610. The van der Waals surface area contributed by atoms with Gasteiger partial charge in [0.25, 0.3) is 0 Å². The van der Waals surface area contributed by atoms with E-state index in [1.54, 1.807) is 0 Å². The summed E-state index contributed by atoms with van der Waals surface area (Å²) in [6, 6.07) is 0. The summed E-state index contributed by atoms with van der Waals surface area (Å²) in [6.07, 6.45) is 0.637. The van der Waals surface area contributed by atoms with Gasteiger partial charge < -0.3 is 14.9 Å². The number of esters is 1. The van der Waals surface area contributed by atoms with Crippen molar-refractivity contribution in [3.8, 4) is 0 Å². The predicted octanol–water partition coefficient (Wildman–Crippen LogP) is 0.319. The highest BCUT2D eigenvalue weighted by Gasteiger charge is 2.15. The van der Waals surface area contributed by atoms with Crippen LogP contribution in [-0.4, -0.2) is 35.5 Å². The van der Waals surface area contributed by atoms with Crippen LogP contribution < -0.4 is 0 Å². The SMILES string of the molecule is CCCC(C)COC(=O)C(O)CO. The maximum Gasteiger partial charge on any atom is 0.337 e. The second-order valence-electron chi connectivity index (χ2n) is 3.22. The van der Waals surface area contributed by atoms with Gasteiger partial charge in [-0.3, -0.25) is 0 Å². The molecule has 0 bridgehead atoms. The van der Waals surface area contributed by atoms with Gasteiger partial charge in [0.2, 0.25) is 0 Å². The average Bonchev–Trinajstić information content (AvgIpc) is 2.13. The largest absolute Gasteiger partial charge is 0.463 e. The van der Waals surface area contributed by atoms with Crippen LogP contribution in [0.15, 0.2) is 0 Å². The summed E-state index contributed by atoms with van der Waals surface area (Å²) in [5.41, 5.74) is 0. The zero-order valence-corrected chi connectivity index (χ0v) is 8.19. The maximum atomic E-state index is 10.9. The summed E-state index contributed by atoms with van der Waals surface area (Å²) >= 11 is 0. The quantitative estimate of drug-likeness (QED) is 0.592. The lowest BCUT2D eigenvalue weighted by Gasteiger charge is -2.12. The fourth-order valence-corrected chi connectivity index (χ4v) is 0.971. The van der Waals surface area contributed by atoms with Crippen LogP contribution in [0.4, 0.5) is 0 Å². The molecule has 0 fully saturated rings. The zero-order chi connectivity index (χ0) is 10.3. The Morgan fingerprint density at radius 1 is 1.54 bits per heavy atom. The van der Waals surface area contributed by atoms with Crippen LogP contribution >= 0.6 is 0 Å². The van der Waals surface area contributed by atoms with E-state index in [0.29, 0.717) is 12.5 Å². The highest BCUT2D eigenvalue weighted by atomic mass is 16.5. The van der Waals surface area contributed by atoms with Crippen LogP contribution in [0.5, 0.6) is 0 Å². The first-order chi connectivity index (χ1) is 6.11. The van der Waals surface area contributed by atoms with Gasteiger partial charge in [0.15, 0.2) is 6.10 Å². The van der Waals surface area contributed by atoms with Crippen LogP contribution in [-0.2, 0) is 9.53 Å². The fraction of sp³-hybridized carbons (Fsp3) is 0.889. The van der Waals surface area contributed by atoms with Gasteiger partial charge in [0.05, 0.1) is 13.2 Å². The Kier molecular flexibility index (Phi) is 6.54. The molecule has 0 heterocycles. The van der Waals surface area contributed by atoms with Crippen LogP contribution in [0.25, 0.3) is 0 Å². The molecule has 0 aromatic rings. The highest BCUT2D eigenvalue weighted by molar-refractivity contribution is 5.74. The summed E-state index contributed by atoms with van der Waals surface area (Å²) in [7, 11) is 0. The van der Waals surface area contributed by atoms with E-state index in [1.807, 2.05) is 6.92 Å². The molecule has 0 spiro atoms. The van der Waals surface area contributed by atoms with Crippen LogP contribution in [0.1, 0.15) is 26.7 Å². The molecular weight excluding hydrogens is 172 g/mol. The number of hydrogen-bond donors (Lipinski definition) is 2. The molecule has 13 heavy (non-hydrogen) atoms. The van der Waals surface area contributed by atoms with Crippen molar-refractivity contribution in [3.63, 3.8) is 0 Å². The van der Waals surface area contributed by atoms with Crippen molar-refractivity contribution in [1.29, 1.82) is 0 Å². The minimum Gasteiger partial charge on any atom is -0.463 e. The van der Waals surface area contributed by atoms with Crippen LogP contribution in [0.2, 0.25) is 0 Å². The van der Waals surface area contributed by atoms with Crippen molar-refractivity contribution < 1.29 is 19.7 Å². The van der Waals surface area contributed by atoms with E-state index in [9.17, 15) is 4.79 Å². The molecule has 0 radical (unpaired) electrons. The molecule has 2 atom stereocenters. The Balaban J connectivity index is 3.57. The molecule has 4 nitrogen and oxygen atoms in total. The third kappa shape index (κ3) is 5.60. The molecule has 0 aliphatic rings. The number of ether oxygens (including phenoxy) is 1. The molecule has 0 aromatic carbocycles. The number of aliphatic hydroxyl groups is 2. The lowest BCUT2D eigenvalue weighted by molar-refractivity contribution is -0.156. The van der Waals surface area contributed by atoms with Crippen molar-refractivity contribution in [2.24, 2.45) is 5.92 Å². The molecule has 2 N–H and O–H groups in total. The number of carbonyl (C=O) groups is 1. The van der Waals surface area contributed by atoms with E-state index in [-0.39, 0.29) is 0 Å². The van der Waals surface area contributed by atoms with Crippen molar-refractivity contribution >= 4 is 5.97 Å². The predicted molar refractivity (Wildman–Crippen MR) is 48.1 cm³/mol. The van der Waals surface area contributed by atoms with Crippen molar-refractivity contribution in [1.82, 2.24) is 0 Å². The van der Waals surface area contributed by atoms with Gasteiger partial charge in [-0.1, -0.05) is 20.3 Å². The first kappa shape index (κ1) is 12.4. The molecular formula is C9H18O4. The lowest BCUT2D eigenvalue weighted by Crippen LogP contribution is -2.27. The lowest BCUT2D eigenvalue weighted by atomic mass is 10.1. The molecule has 0 saturated heterocycles. The maximum absolute atomic E-state index is 10.9. The van der Waals surface area contributed by atoms with Crippen LogP contribution in [0.3, 0.4) is 0 Å². The molecule has 0 aliphatic carbocycles. The molecule has 0 aromatic heterocycles. The summed E-state index contributed by atoms with van der Waals surface area (Å²) in [5, 5.41) is 17.3. The van der Waals surface area contributed by atoms with E-state index in [4.69, 9.17) is 14.9 Å². The summed E-state index contributed by atoms with van der Waals surface area (Å²) < 4.78 is 4.76. The van der Waals surface area contributed by atoms with E-state index in [0.717, 1.165) is 12.8 Å². The molecule has 0 amide bonds. The van der Waals surface area contributed by atoms with Gasteiger partial charge in [0, 0.05) is 0 Å². The zero-order valence-electron chi connectivity index (χ0n) is 8.19. The molecule has 4 heteroatoms. The fourth-order valence-electron chi connectivity index (χ4n) is 0.971. The molecule has 0 saturated carbocycles. The number of aliphatic hydroxyl groups excluding tert-OH is 2. The van der Waals surface area contributed by atoms with Crippen molar-refractivity contribution in [2.45, 2.75) is 32.8 Å². The molecule has 2 unspecified atom stereocenters. The summed E-state index contributed by atoms with van der Waals surface area (Å²) in [5.74, 6) is -0.440. The molecule has 0 aliphatic heterocycles. The first-order valence-electron chi connectivity index (χ1n) is 4.57. The Bertz CT molecular complexity index is 147. The third-order valence-electron chi connectivity index (χ3n) is 1.74. The van der Waals surface area contributed by atoms with Gasteiger partial charge in [-0.05, 0) is 12.3 Å². The monoisotopic (exact) mass is 190 g/mol. The number of hydrogen-bond acceptors (Lipinski definition) is 4. The second kappa shape index (κ2) is 6.86. The van der Waals surface area contributed by atoms with Crippen molar-refractivity contribution in [3.05, 3.63) is 0 Å². The number of carbonyl (C=O) groups excluding carboxylic acids is 1. The Morgan fingerprint density at radius 2 is 2.15 bits per heavy atom. The summed E-state index contributed by atoms with van der Waals surface area (Å²) in [6.45, 7) is 3.76. The van der Waals surface area contributed by atoms with Gasteiger partial charge in [0.1, 0.15) is 0 Å². The topological polar surface area (TPSA) is 66.8 Å². The number of rotatable bonds is 6. The van der Waals surface area contributed by atoms with E-state index >= 15 is 0 Å². The minimum atomic E-state index is -1.39. The second-order valence-corrected chi connectivity index (χ2v) is 3.22. The minimum absolute atomic E-state index is 0.305. The normalized spacial score (nSPS) is 15.1. The Morgan fingerprint density at radius 3 is 2.62 bits per heavy atom. The van der Waals surface area contributed by atoms with E-state index < -0.39 is 18.7 Å². The van der Waals surface area contributed by atoms with Gasteiger partial charge in [-0.15, -0.1) is 0 Å². The molecule has 0 rings (SSSR count). The highest BCUT2D eigenvalue weighted by Crippen LogP contribution is 2.05. The van der Waals surface area contributed by atoms with Gasteiger partial charge >= 0.3 is 5.97 Å². The smallest absolute Gasteiger partial charge is 0.337 e. The van der Waals surface area contributed by atoms with Gasteiger partial charge in [-0.2, -0.15) is 0 Å². The first-order valence-corrected chi connectivity index (χ1v) is 4.57.